The average molecular weight is 294 g/mol. The Bertz CT molecular complexity index is 586. The molecular formula is C15H16ClNO3. The minimum absolute atomic E-state index is 0.133. The molecule has 0 bridgehead atoms. The van der Waals surface area contributed by atoms with E-state index in [1.807, 2.05) is 0 Å². The van der Waals surface area contributed by atoms with Gasteiger partial charge in [-0.15, -0.1) is 0 Å². The molecule has 2 amide bonds. The fourth-order valence-electron chi connectivity index (χ4n) is 3.31. The third kappa shape index (κ3) is 1.99. The summed E-state index contributed by atoms with van der Waals surface area (Å²) < 4.78 is 0. The maximum atomic E-state index is 12.5. The zero-order valence-corrected chi connectivity index (χ0v) is 11.9. The van der Waals surface area contributed by atoms with Crippen LogP contribution in [0.2, 0.25) is 5.02 Å². The van der Waals surface area contributed by atoms with Crippen molar-refractivity contribution in [2.24, 2.45) is 17.8 Å². The van der Waals surface area contributed by atoms with Crippen LogP contribution in [0, 0.1) is 17.8 Å². The number of phenols is 1. The summed E-state index contributed by atoms with van der Waals surface area (Å²) in [5.41, 5.74) is 0.242. The predicted octanol–water partition coefficient (Wildman–Crippen LogP) is 2.97. The Balaban J connectivity index is 1.98. The van der Waals surface area contributed by atoms with Gasteiger partial charge in [-0.2, -0.15) is 0 Å². The van der Waals surface area contributed by atoms with Gasteiger partial charge >= 0.3 is 0 Å². The highest BCUT2D eigenvalue weighted by atomic mass is 35.5. The van der Waals surface area contributed by atoms with Gasteiger partial charge in [0.15, 0.2) is 0 Å². The minimum atomic E-state index is -0.235. The van der Waals surface area contributed by atoms with Crippen LogP contribution in [0.5, 0.6) is 5.75 Å². The van der Waals surface area contributed by atoms with E-state index in [1.54, 1.807) is 6.07 Å². The lowest BCUT2D eigenvalue weighted by Gasteiger charge is -2.25. The standard InChI is InChI=1S/C15H16ClNO3/c1-8-2-4-10-11(6-8)15(20)17(14(10)19)12-5-3-9(16)7-13(12)18/h3,5,7-8,10-11,18H,2,4,6H2,1H3/t8-,10+,11-/m1/s1. The summed E-state index contributed by atoms with van der Waals surface area (Å²) in [4.78, 5) is 26.1. The highest BCUT2D eigenvalue weighted by Crippen LogP contribution is 2.44. The molecule has 20 heavy (non-hydrogen) atoms. The first kappa shape index (κ1) is 13.4. The molecule has 3 atom stereocenters. The van der Waals surface area contributed by atoms with Crippen LogP contribution in [0.4, 0.5) is 5.69 Å². The summed E-state index contributed by atoms with van der Waals surface area (Å²) in [6.45, 7) is 2.11. The molecule has 0 radical (unpaired) electrons. The van der Waals surface area contributed by atoms with E-state index in [0.717, 1.165) is 24.2 Å². The second-order valence-electron chi connectivity index (χ2n) is 5.78. The molecule has 1 heterocycles. The monoisotopic (exact) mass is 293 g/mol. The molecule has 1 aromatic carbocycles. The van der Waals surface area contributed by atoms with Gasteiger partial charge in [-0.1, -0.05) is 18.5 Å². The zero-order chi connectivity index (χ0) is 14.4. The smallest absolute Gasteiger partial charge is 0.237 e. The molecular weight excluding hydrogens is 278 g/mol. The molecule has 1 aromatic rings. The number of carbonyl (C=O) groups excluding carboxylic acids is 2. The van der Waals surface area contributed by atoms with Crippen molar-refractivity contribution in [2.75, 3.05) is 4.90 Å². The number of anilines is 1. The van der Waals surface area contributed by atoms with E-state index >= 15 is 0 Å². The van der Waals surface area contributed by atoms with Crippen molar-refractivity contribution in [3.05, 3.63) is 23.2 Å². The van der Waals surface area contributed by atoms with Gasteiger partial charge in [-0.3, -0.25) is 9.59 Å². The summed E-state index contributed by atoms with van der Waals surface area (Å²) in [6.07, 6.45) is 2.47. The Morgan fingerprint density at radius 1 is 1.20 bits per heavy atom. The van der Waals surface area contributed by atoms with Gasteiger partial charge in [0, 0.05) is 11.1 Å². The topological polar surface area (TPSA) is 57.6 Å². The number of halogens is 1. The average Bonchev–Trinajstić information content (AvgIpc) is 2.63. The van der Waals surface area contributed by atoms with Crippen LogP contribution >= 0.6 is 11.6 Å². The van der Waals surface area contributed by atoms with Gasteiger partial charge in [0.1, 0.15) is 5.75 Å². The predicted molar refractivity (Wildman–Crippen MR) is 75.6 cm³/mol. The number of fused-ring (bicyclic) bond motifs is 1. The molecule has 5 heteroatoms. The van der Waals surface area contributed by atoms with Gasteiger partial charge in [0.05, 0.1) is 17.5 Å². The molecule has 1 aliphatic heterocycles. The maximum Gasteiger partial charge on any atom is 0.237 e. The first-order valence-electron chi connectivity index (χ1n) is 6.85. The number of hydrogen-bond acceptors (Lipinski definition) is 3. The summed E-state index contributed by atoms with van der Waals surface area (Å²) in [5.74, 6) is -0.513. The molecule has 0 aromatic heterocycles. The van der Waals surface area contributed by atoms with Crippen molar-refractivity contribution in [3.8, 4) is 5.75 Å². The number of amides is 2. The van der Waals surface area contributed by atoms with Crippen molar-refractivity contribution in [2.45, 2.75) is 26.2 Å². The molecule has 0 unspecified atom stereocenters. The first-order valence-corrected chi connectivity index (χ1v) is 7.23. The number of imide groups is 1. The summed E-state index contributed by atoms with van der Waals surface area (Å²) in [7, 11) is 0. The first-order chi connectivity index (χ1) is 9.49. The molecule has 2 aliphatic rings. The molecule has 1 saturated carbocycles. The Hall–Kier alpha value is -1.55. The lowest BCUT2D eigenvalue weighted by Crippen LogP contribution is -2.30. The second-order valence-corrected chi connectivity index (χ2v) is 6.21. The fraction of sp³-hybridized carbons (Fsp3) is 0.467. The van der Waals surface area contributed by atoms with E-state index < -0.39 is 0 Å². The lowest BCUT2D eigenvalue weighted by atomic mass is 9.76. The Morgan fingerprint density at radius 3 is 2.60 bits per heavy atom. The van der Waals surface area contributed by atoms with Crippen molar-refractivity contribution >= 4 is 29.1 Å². The minimum Gasteiger partial charge on any atom is -0.506 e. The normalized spacial score (nSPS) is 29.7. The van der Waals surface area contributed by atoms with Crippen LogP contribution in [0.3, 0.4) is 0 Å². The lowest BCUT2D eigenvalue weighted by molar-refractivity contribution is -0.122. The number of carbonyl (C=O) groups is 2. The van der Waals surface area contributed by atoms with Crippen LogP contribution in [-0.2, 0) is 9.59 Å². The molecule has 4 nitrogen and oxygen atoms in total. The van der Waals surface area contributed by atoms with E-state index in [-0.39, 0.29) is 35.1 Å². The summed E-state index contributed by atoms with van der Waals surface area (Å²) in [6, 6.07) is 4.44. The molecule has 106 valence electrons. The molecule has 1 saturated heterocycles. The van der Waals surface area contributed by atoms with Crippen molar-refractivity contribution < 1.29 is 14.7 Å². The van der Waals surface area contributed by atoms with Gasteiger partial charge in [-0.25, -0.2) is 4.90 Å². The number of rotatable bonds is 1. The quantitative estimate of drug-likeness (QED) is 0.810. The number of benzene rings is 1. The molecule has 2 fully saturated rings. The largest absolute Gasteiger partial charge is 0.506 e. The Labute approximate surface area is 122 Å². The fourth-order valence-corrected chi connectivity index (χ4v) is 3.48. The number of phenolic OH excluding ortho intramolecular Hbond substituents is 1. The molecule has 1 aliphatic carbocycles. The van der Waals surface area contributed by atoms with E-state index in [1.165, 1.54) is 12.1 Å². The number of aromatic hydroxyl groups is 1. The Kier molecular flexibility index (Phi) is 3.21. The second kappa shape index (κ2) is 4.77. The van der Waals surface area contributed by atoms with Crippen LogP contribution in [0.25, 0.3) is 0 Å². The Morgan fingerprint density at radius 2 is 1.90 bits per heavy atom. The van der Waals surface area contributed by atoms with E-state index in [2.05, 4.69) is 6.92 Å². The number of hydrogen-bond donors (Lipinski definition) is 1. The summed E-state index contributed by atoms with van der Waals surface area (Å²) in [5, 5.41) is 10.3. The van der Waals surface area contributed by atoms with E-state index in [4.69, 9.17) is 11.6 Å². The van der Waals surface area contributed by atoms with Crippen molar-refractivity contribution in [3.63, 3.8) is 0 Å². The SMILES string of the molecule is C[C@@H]1CC[C@@H]2C(=O)N(c3ccc(Cl)cc3O)C(=O)[C@@H]2C1. The van der Waals surface area contributed by atoms with Gasteiger partial charge in [0.2, 0.25) is 11.8 Å². The van der Waals surface area contributed by atoms with Crippen molar-refractivity contribution in [1.29, 1.82) is 0 Å². The van der Waals surface area contributed by atoms with Crippen LogP contribution in [0.15, 0.2) is 18.2 Å². The zero-order valence-electron chi connectivity index (χ0n) is 11.2. The third-order valence-corrected chi connectivity index (χ3v) is 4.60. The third-order valence-electron chi connectivity index (χ3n) is 4.37. The maximum absolute atomic E-state index is 12.5. The van der Waals surface area contributed by atoms with E-state index in [0.29, 0.717) is 10.9 Å². The van der Waals surface area contributed by atoms with Crippen LogP contribution in [-0.4, -0.2) is 16.9 Å². The highest BCUT2D eigenvalue weighted by Gasteiger charge is 2.50. The van der Waals surface area contributed by atoms with Gasteiger partial charge < -0.3 is 5.11 Å². The molecule has 1 N–H and O–H groups in total. The van der Waals surface area contributed by atoms with Crippen LogP contribution < -0.4 is 4.90 Å². The van der Waals surface area contributed by atoms with Gasteiger partial charge in [0.25, 0.3) is 0 Å². The van der Waals surface area contributed by atoms with E-state index in [9.17, 15) is 14.7 Å². The molecule has 0 spiro atoms. The molecule has 3 rings (SSSR count). The number of nitrogens with zero attached hydrogens (tertiary/aromatic N) is 1. The van der Waals surface area contributed by atoms with Gasteiger partial charge in [-0.05, 0) is 37.3 Å². The van der Waals surface area contributed by atoms with Crippen LogP contribution in [0.1, 0.15) is 26.2 Å². The highest BCUT2D eigenvalue weighted by molar-refractivity contribution is 6.31. The van der Waals surface area contributed by atoms with Crippen molar-refractivity contribution in [1.82, 2.24) is 0 Å². The summed E-state index contributed by atoms with van der Waals surface area (Å²) >= 11 is 5.79.